The number of nitrogens with one attached hydrogen (secondary N) is 1. The van der Waals surface area contributed by atoms with Crippen molar-refractivity contribution in [3.63, 3.8) is 0 Å². The lowest BCUT2D eigenvalue weighted by Gasteiger charge is -2.27. The fourth-order valence-electron chi connectivity index (χ4n) is 2.51. The van der Waals surface area contributed by atoms with E-state index in [1.165, 1.54) is 0 Å². The molecule has 2 heterocycles. The molecule has 1 aromatic heterocycles. The zero-order valence-corrected chi connectivity index (χ0v) is 13.9. The van der Waals surface area contributed by atoms with Gasteiger partial charge in [0.2, 0.25) is 5.91 Å². The molecule has 0 bridgehead atoms. The summed E-state index contributed by atoms with van der Waals surface area (Å²) in [4.78, 5) is 26.4. The molecule has 4 nitrogen and oxygen atoms in total. The van der Waals surface area contributed by atoms with Gasteiger partial charge in [-0.25, -0.2) is 0 Å². The Balaban J connectivity index is 2.10. The van der Waals surface area contributed by atoms with Crippen LogP contribution in [-0.4, -0.2) is 17.9 Å². The van der Waals surface area contributed by atoms with Gasteiger partial charge in [0.05, 0.1) is 21.3 Å². The number of anilines is 2. The van der Waals surface area contributed by atoms with Gasteiger partial charge >= 0.3 is 0 Å². The summed E-state index contributed by atoms with van der Waals surface area (Å²) in [6.45, 7) is 1.83. The molecule has 1 atom stereocenters. The van der Waals surface area contributed by atoms with Crippen molar-refractivity contribution in [2.45, 2.75) is 19.4 Å². The minimum atomic E-state index is -0.286. The summed E-state index contributed by atoms with van der Waals surface area (Å²) in [5, 5.41) is 2.82. The van der Waals surface area contributed by atoms with Gasteiger partial charge in [-0.05, 0) is 25.1 Å². The van der Waals surface area contributed by atoms with Crippen LogP contribution in [0.5, 0.6) is 0 Å². The normalized spacial score (nSPS) is 17.7. The first-order valence-corrected chi connectivity index (χ1v) is 8.22. The predicted molar refractivity (Wildman–Crippen MR) is 90.3 cm³/mol. The van der Waals surface area contributed by atoms with E-state index in [0.717, 1.165) is 11.3 Å². The molecule has 0 radical (unpaired) electrons. The highest BCUT2D eigenvalue weighted by Crippen LogP contribution is 2.36. The monoisotopic (exact) mass is 354 g/mol. The second-order valence-corrected chi connectivity index (χ2v) is 7.32. The number of rotatable bonds is 1. The van der Waals surface area contributed by atoms with E-state index < -0.39 is 0 Å². The summed E-state index contributed by atoms with van der Waals surface area (Å²) in [6, 6.07) is 8.49. The Morgan fingerprint density at radius 2 is 2.09 bits per heavy atom. The van der Waals surface area contributed by atoms with Crippen molar-refractivity contribution in [2.75, 3.05) is 10.2 Å². The van der Waals surface area contributed by atoms with Crippen molar-refractivity contribution >= 4 is 57.7 Å². The summed E-state index contributed by atoms with van der Waals surface area (Å²) >= 11 is 13.2. The number of thiophene rings is 1. The number of carbonyl (C=O) groups excluding carboxylic acids is 2. The largest absolute Gasteiger partial charge is 0.324 e. The molecular formula is C15H12Cl2N2O2S. The molecule has 114 valence electrons. The van der Waals surface area contributed by atoms with Gasteiger partial charge < -0.3 is 10.2 Å². The highest BCUT2D eigenvalue weighted by atomic mass is 35.5. The van der Waals surface area contributed by atoms with Crippen LogP contribution in [0.2, 0.25) is 8.67 Å². The number of amides is 2. The highest BCUT2D eigenvalue weighted by Gasteiger charge is 2.31. The van der Waals surface area contributed by atoms with E-state index in [0.29, 0.717) is 25.6 Å². The lowest BCUT2D eigenvalue weighted by molar-refractivity contribution is -0.116. The molecule has 0 fully saturated rings. The number of hydrogen-bond acceptors (Lipinski definition) is 3. The quantitative estimate of drug-likeness (QED) is 0.823. The van der Waals surface area contributed by atoms with Crippen LogP contribution in [0.1, 0.15) is 23.7 Å². The summed E-state index contributed by atoms with van der Waals surface area (Å²) in [6.07, 6.45) is 0.218. The van der Waals surface area contributed by atoms with E-state index >= 15 is 0 Å². The van der Waals surface area contributed by atoms with Gasteiger partial charge in [0.1, 0.15) is 4.34 Å². The van der Waals surface area contributed by atoms with Gasteiger partial charge in [0.25, 0.3) is 5.91 Å². The molecule has 0 unspecified atom stereocenters. The minimum Gasteiger partial charge on any atom is -0.324 e. The average Bonchev–Trinajstić information content (AvgIpc) is 2.72. The van der Waals surface area contributed by atoms with Crippen LogP contribution in [0.4, 0.5) is 11.4 Å². The van der Waals surface area contributed by atoms with E-state index in [1.807, 2.05) is 19.1 Å². The zero-order valence-electron chi connectivity index (χ0n) is 11.6. The molecular weight excluding hydrogens is 343 g/mol. The van der Waals surface area contributed by atoms with Gasteiger partial charge in [-0.2, -0.15) is 0 Å². The molecule has 0 saturated carbocycles. The fourth-order valence-corrected chi connectivity index (χ4v) is 3.96. The Morgan fingerprint density at radius 1 is 1.36 bits per heavy atom. The summed E-state index contributed by atoms with van der Waals surface area (Å²) in [7, 11) is 0. The number of nitrogens with zero attached hydrogens (tertiary/aromatic N) is 1. The maximum Gasteiger partial charge on any atom is 0.261 e. The molecule has 7 heteroatoms. The van der Waals surface area contributed by atoms with Gasteiger partial charge in [-0.1, -0.05) is 35.3 Å². The lowest BCUT2D eigenvalue weighted by Crippen LogP contribution is -2.39. The minimum absolute atomic E-state index is 0.121. The van der Waals surface area contributed by atoms with Crippen LogP contribution in [-0.2, 0) is 4.79 Å². The first kappa shape index (κ1) is 15.3. The first-order valence-electron chi connectivity index (χ1n) is 6.64. The van der Waals surface area contributed by atoms with Crippen LogP contribution in [0.25, 0.3) is 0 Å². The van der Waals surface area contributed by atoms with Crippen LogP contribution in [0.15, 0.2) is 30.3 Å². The molecule has 1 aromatic carbocycles. The van der Waals surface area contributed by atoms with E-state index in [2.05, 4.69) is 5.32 Å². The molecule has 3 rings (SSSR count). The Bertz CT molecular complexity index is 760. The van der Waals surface area contributed by atoms with E-state index in [9.17, 15) is 9.59 Å². The molecule has 0 spiro atoms. The number of fused-ring (bicyclic) bond motifs is 1. The van der Waals surface area contributed by atoms with E-state index in [1.54, 1.807) is 23.1 Å². The highest BCUT2D eigenvalue weighted by molar-refractivity contribution is 7.20. The van der Waals surface area contributed by atoms with Gasteiger partial charge in [0, 0.05) is 12.5 Å². The van der Waals surface area contributed by atoms with Gasteiger partial charge in [-0.15, -0.1) is 11.3 Å². The SMILES string of the molecule is C[C@@H]1CC(=O)Nc2ccccc2N1C(=O)c1cc(Cl)sc1Cl. The molecule has 1 aliphatic heterocycles. The Labute approximate surface area is 141 Å². The van der Waals surface area contributed by atoms with Crippen LogP contribution in [0.3, 0.4) is 0 Å². The third-order valence-corrected chi connectivity index (χ3v) is 4.95. The Kier molecular flexibility index (Phi) is 4.12. The zero-order chi connectivity index (χ0) is 15.9. The summed E-state index contributed by atoms with van der Waals surface area (Å²) < 4.78 is 0.807. The van der Waals surface area contributed by atoms with Crippen molar-refractivity contribution < 1.29 is 9.59 Å². The van der Waals surface area contributed by atoms with E-state index in [4.69, 9.17) is 23.2 Å². The molecule has 0 aliphatic carbocycles. The summed E-state index contributed by atoms with van der Waals surface area (Å²) in [5.74, 6) is -0.380. The second-order valence-electron chi connectivity index (χ2n) is 5.03. The topological polar surface area (TPSA) is 49.4 Å². The summed E-state index contributed by atoms with van der Waals surface area (Å²) in [5.41, 5.74) is 1.62. The van der Waals surface area contributed by atoms with Crippen molar-refractivity contribution in [2.24, 2.45) is 0 Å². The van der Waals surface area contributed by atoms with Crippen LogP contribution in [0, 0.1) is 0 Å². The molecule has 0 saturated heterocycles. The number of carbonyl (C=O) groups is 2. The molecule has 1 N–H and O–H groups in total. The van der Waals surface area contributed by atoms with E-state index in [-0.39, 0.29) is 24.3 Å². The van der Waals surface area contributed by atoms with Crippen molar-refractivity contribution in [3.8, 4) is 0 Å². The molecule has 22 heavy (non-hydrogen) atoms. The van der Waals surface area contributed by atoms with Gasteiger partial charge in [-0.3, -0.25) is 9.59 Å². The standard InChI is InChI=1S/C15H12Cl2N2O2S/c1-8-6-13(20)18-10-4-2-3-5-11(10)19(8)15(21)9-7-12(16)22-14(9)17/h2-5,7-8H,6H2,1H3,(H,18,20)/t8-/m1/s1. The van der Waals surface area contributed by atoms with Crippen molar-refractivity contribution in [1.82, 2.24) is 0 Å². The first-order chi connectivity index (χ1) is 10.5. The van der Waals surface area contributed by atoms with Gasteiger partial charge in [0.15, 0.2) is 0 Å². The van der Waals surface area contributed by atoms with Crippen LogP contribution >= 0.6 is 34.5 Å². The maximum atomic E-state index is 12.9. The van der Waals surface area contributed by atoms with Crippen molar-refractivity contribution in [3.05, 3.63) is 44.6 Å². The Morgan fingerprint density at radius 3 is 2.77 bits per heavy atom. The number of hydrogen-bond donors (Lipinski definition) is 1. The lowest BCUT2D eigenvalue weighted by atomic mass is 10.1. The fraction of sp³-hybridized carbons (Fsp3) is 0.200. The van der Waals surface area contributed by atoms with Crippen LogP contribution < -0.4 is 10.2 Å². The molecule has 2 aromatic rings. The number of halogens is 2. The third-order valence-electron chi connectivity index (χ3n) is 3.47. The smallest absolute Gasteiger partial charge is 0.261 e. The second kappa shape index (κ2) is 5.91. The molecule has 1 aliphatic rings. The third kappa shape index (κ3) is 2.72. The average molecular weight is 355 g/mol. The Hall–Kier alpha value is -1.56. The van der Waals surface area contributed by atoms with Crippen molar-refractivity contribution in [1.29, 1.82) is 0 Å². The predicted octanol–water partition coefficient (Wildman–Crippen LogP) is 4.43. The molecule has 2 amide bonds. The number of para-hydroxylation sites is 2. The maximum absolute atomic E-state index is 12.9. The number of benzene rings is 1.